The molecule has 80 valence electrons. The second kappa shape index (κ2) is 4.01. The van der Waals surface area contributed by atoms with Gasteiger partial charge in [-0.1, -0.05) is 6.07 Å². The lowest BCUT2D eigenvalue weighted by Gasteiger charge is -2.25. The van der Waals surface area contributed by atoms with Gasteiger partial charge in [0, 0.05) is 20.3 Å². The van der Waals surface area contributed by atoms with E-state index in [1.165, 1.54) is 5.56 Å². The van der Waals surface area contributed by atoms with Crippen LogP contribution < -0.4 is 0 Å². The molecule has 1 amide bonds. The van der Waals surface area contributed by atoms with Crippen molar-refractivity contribution in [1.29, 1.82) is 0 Å². The average molecular weight is 204 g/mol. The maximum absolute atomic E-state index is 11.9. The molecule has 0 bridgehead atoms. The summed E-state index contributed by atoms with van der Waals surface area (Å²) in [5, 5.41) is 0. The lowest BCUT2D eigenvalue weighted by molar-refractivity contribution is -0.130. The fourth-order valence-corrected chi connectivity index (χ4v) is 2.16. The van der Waals surface area contributed by atoms with Crippen molar-refractivity contribution in [2.75, 3.05) is 14.1 Å². The number of likely N-dealkylation sites (N-methyl/N-ethyl adjacent to an activating group) is 1. The first kappa shape index (κ1) is 10.1. The number of nitrogens with zero attached hydrogens (tertiary/aromatic N) is 2. The van der Waals surface area contributed by atoms with Crippen LogP contribution in [0.5, 0.6) is 0 Å². The van der Waals surface area contributed by atoms with Crippen LogP contribution in [0.3, 0.4) is 0 Å². The minimum atomic E-state index is -0.0232. The molecule has 1 aliphatic carbocycles. The van der Waals surface area contributed by atoms with Gasteiger partial charge in [0.05, 0.1) is 11.6 Å². The molecule has 0 N–H and O–H groups in total. The maximum atomic E-state index is 11.9. The monoisotopic (exact) mass is 204 g/mol. The van der Waals surface area contributed by atoms with Crippen LogP contribution in [0.25, 0.3) is 0 Å². The average Bonchev–Trinajstić information content (AvgIpc) is 2.27. The van der Waals surface area contributed by atoms with Crippen molar-refractivity contribution < 1.29 is 4.79 Å². The number of fused-ring (bicyclic) bond motifs is 1. The van der Waals surface area contributed by atoms with Gasteiger partial charge >= 0.3 is 0 Å². The molecule has 0 spiro atoms. The molecule has 3 nitrogen and oxygen atoms in total. The third kappa shape index (κ3) is 1.87. The summed E-state index contributed by atoms with van der Waals surface area (Å²) in [4.78, 5) is 18.0. The molecule has 1 aliphatic rings. The second-order valence-corrected chi connectivity index (χ2v) is 4.23. The SMILES string of the molecule is CN(C)C(=O)C1CCCc2cccnc21. The van der Waals surface area contributed by atoms with Crippen molar-refractivity contribution in [2.45, 2.75) is 25.2 Å². The summed E-state index contributed by atoms with van der Waals surface area (Å²) in [5.74, 6) is 0.152. The van der Waals surface area contributed by atoms with Gasteiger partial charge in [-0.2, -0.15) is 0 Å². The van der Waals surface area contributed by atoms with Crippen molar-refractivity contribution in [3.63, 3.8) is 0 Å². The van der Waals surface area contributed by atoms with E-state index in [0.29, 0.717) is 0 Å². The third-order valence-corrected chi connectivity index (χ3v) is 2.93. The summed E-state index contributed by atoms with van der Waals surface area (Å²) in [6, 6.07) is 4.03. The predicted molar refractivity (Wildman–Crippen MR) is 58.6 cm³/mol. The lowest BCUT2D eigenvalue weighted by atomic mass is 9.86. The quantitative estimate of drug-likeness (QED) is 0.696. The number of aryl methyl sites for hydroxylation is 1. The highest BCUT2D eigenvalue weighted by Gasteiger charge is 2.28. The molecule has 1 aromatic heterocycles. The van der Waals surface area contributed by atoms with Gasteiger partial charge in [0.15, 0.2) is 0 Å². The van der Waals surface area contributed by atoms with E-state index in [2.05, 4.69) is 11.1 Å². The Morgan fingerprint density at radius 1 is 1.53 bits per heavy atom. The van der Waals surface area contributed by atoms with Crippen LogP contribution in [0.1, 0.15) is 30.0 Å². The number of hydrogen-bond acceptors (Lipinski definition) is 2. The van der Waals surface area contributed by atoms with Crippen LogP contribution in [0.4, 0.5) is 0 Å². The highest BCUT2D eigenvalue weighted by molar-refractivity contribution is 5.83. The Hall–Kier alpha value is -1.38. The van der Waals surface area contributed by atoms with Gasteiger partial charge in [0.1, 0.15) is 0 Å². The number of rotatable bonds is 1. The van der Waals surface area contributed by atoms with Gasteiger partial charge in [-0.25, -0.2) is 0 Å². The van der Waals surface area contributed by atoms with Gasteiger partial charge in [0.2, 0.25) is 5.91 Å². The van der Waals surface area contributed by atoms with Crippen LogP contribution in [0.2, 0.25) is 0 Å². The zero-order chi connectivity index (χ0) is 10.8. The fourth-order valence-electron chi connectivity index (χ4n) is 2.16. The molecule has 0 saturated heterocycles. The van der Waals surface area contributed by atoms with Crippen LogP contribution in [0, 0.1) is 0 Å². The van der Waals surface area contributed by atoms with Crippen molar-refractivity contribution >= 4 is 5.91 Å². The van der Waals surface area contributed by atoms with E-state index in [1.807, 2.05) is 6.07 Å². The smallest absolute Gasteiger partial charge is 0.231 e. The van der Waals surface area contributed by atoms with Crippen molar-refractivity contribution in [1.82, 2.24) is 9.88 Å². The van der Waals surface area contributed by atoms with Crippen LogP contribution in [0.15, 0.2) is 18.3 Å². The third-order valence-electron chi connectivity index (χ3n) is 2.93. The highest BCUT2D eigenvalue weighted by atomic mass is 16.2. The van der Waals surface area contributed by atoms with Crippen molar-refractivity contribution in [3.05, 3.63) is 29.6 Å². The molecular formula is C12H16N2O. The molecule has 1 aromatic rings. The number of hydrogen-bond donors (Lipinski definition) is 0. The standard InChI is InChI=1S/C12H16N2O/c1-14(2)12(15)10-7-3-5-9-6-4-8-13-11(9)10/h4,6,8,10H,3,5,7H2,1-2H3. The van der Waals surface area contributed by atoms with E-state index in [1.54, 1.807) is 25.2 Å². The molecule has 2 rings (SSSR count). The second-order valence-electron chi connectivity index (χ2n) is 4.23. The summed E-state index contributed by atoms with van der Waals surface area (Å²) in [7, 11) is 3.61. The molecule has 0 aromatic carbocycles. The number of amides is 1. The van der Waals surface area contributed by atoms with Gasteiger partial charge < -0.3 is 4.90 Å². The zero-order valence-corrected chi connectivity index (χ0v) is 9.23. The first-order chi connectivity index (χ1) is 7.20. The van der Waals surface area contributed by atoms with E-state index in [4.69, 9.17) is 0 Å². The first-order valence-electron chi connectivity index (χ1n) is 5.35. The Bertz CT molecular complexity index is 374. The summed E-state index contributed by atoms with van der Waals surface area (Å²) >= 11 is 0. The first-order valence-corrected chi connectivity index (χ1v) is 5.35. The fraction of sp³-hybridized carbons (Fsp3) is 0.500. The molecule has 1 unspecified atom stereocenters. The Morgan fingerprint density at radius 2 is 2.33 bits per heavy atom. The Labute approximate surface area is 90.1 Å². The summed E-state index contributed by atoms with van der Waals surface area (Å²) in [5.41, 5.74) is 2.23. The molecule has 0 saturated carbocycles. The molecule has 1 atom stereocenters. The van der Waals surface area contributed by atoms with Gasteiger partial charge in [0.25, 0.3) is 0 Å². The predicted octanol–water partition coefficient (Wildman–Crippen LogP) is 1.59. The minimum Gasteiger partial charge on any atom is -0.348 e. The number of pyridine rings is 1. The largest absolute Gasteiger partial charge is 0.348 e. The van der Waals surface area contributed by atoms with E-state index >= 15 is 0 Å². The lowest BCUT2D eigenvalue weighted by Crippen LogP contribution is -2.31. The van der Waals surface area contributed by atoms with E-state index < -0.39 is 0 Å². The van der Waals surface area contributed by atoms with Crippen molar-refractivity contribution in [2.24, 2.45) is 0 Å². The minimum absolute atomic E-state index is 0.0232. The Balaban J connectivity index is 2.34. The maximum Gasteiger partial charge on any atom is 0.231 e. The molecule has 0 aliphatic heterocycles. The van der Waals surface area contributed by atoms with Gasteiger partial charge in [-0.05, 0) is 30.9 Å². The summed E-state index contributed by atoms with van der Waals surface area (Å²) in [6.07, 6.45) is 4.85. The van der Waals surface area contributed by atoms with E-state index in [-0.39, 0.29) is 11.8 Å². The number of aromatic nitrogens is 1. The molecule has 1 heterocycles. The van der Waals surface area contributed by atoms with E-state index in [9.17, 15) is 4.79 Å². The van der Waals surface area contributed by atoms with E-state index in [0.717, 1.165) is 25.0 Å². The van der Waals surface area contributed by atoms with Crippen LogP contribution in [-0.2, 0) is 11.2 Å². The van der Waals surface area contributed by atoms with Crippen molar-refractivity contribution in [3.8, 4) is 0 Å². The van der Waals surface area contributed by atoms with Crippen LogP contribution in [-0.4, -0.2) is 29.9 Å². The summed E-state index contributed by atoms with van der Waals surface area (Å²) < 4.78 is 0. The molecule has 0 fully saturated rings. The Morgan fingerprint density at radius 3 is 3.07 bits per heavy atom. The number of carbonyl (C=O) groups is 1. The highest BCUT2D eigenvalue weighted by Crippen LogP contribution is 2.30. The normalized spacial score (nSPS) is 19.5. The Kier molecular flexibility index (Phi) is 2.71. The molecular weight excluding hydrogens is 188 g/mol. The van der Waals surface area contributed by atoms with Gasteiger partial charge in [-0.15, -0.1) is 0 Å². The van der Waals surface area contributed by atoms with Gasteiger partial charge in [-0.3, -0.25) is 9.78 Å². The topological polar surface area (TPSA) is 33.2 Å². The zero-order valence-electron chi connectivity index (χ0n) is 9.23. The molecule has 0 radical (unpaired) electrons. The van der Waals surface area contributed by atoms with Crippen LogP contribution >= 0.6 is 0 Å². The summed E-state index contributed by atoms with van der Waals surface area (Å²) in [6.45, 7) is 0. The molecule has 3 heteroatoms. The number of carbonyl (C=O) groups excluding carboxylic acids is 1. The molecule has 15 heavy (non-hydrogen) atoms.